The molecule has 0 bridgehead atoms. The van der Waals surface area contributed by atoms with E-state index in [9.17, 15) is 14.4 Å². The van der Waals surface area contributed by atoms with E-state index in [0.717, 1.165) is 11.1 Å². The quantitative estimate of drug-likeness (QED) is 0.468. The van der Waals surface area contributed by atoms with Crippen LogP contribution in [-0.2, 0) is 32.1 Å². The Hall–Kier alpha value is -3.23. The van der Waals surface area contributed by atoms with E-state index in [1.165, 1.54) is 11.9 Å². The number of hydrogen-bond acceptors (Lipinski definition) is 7. The second kappa shape index (κ2) is 10.7. The number of benzene rings is 2. The van der Waals surface area contributed by atoms with E-state index in [1.807, 2.05) is 60.7 Å². The highest BCUT2D eigenvalue weighted by Gasteiger charge is 2.46. The molecule has 1 saturated heterocycles. The summed E-state index contributed by atoms with van der Waals surface area (Å²) in [5.41, 5.74) is 1.89. The number of nitrogens with zero attached hydrogens (tertiary/aromatic N) is 1. The Morgan fingerprint density at radius 2 is 1.68 bits per heavy atom. The van der Waals surface area contributed by atoms with Gasteiger partial charge in [0.25, 0.3) is 0 Å². The van der Waals surface area contributed by atoms with Gasteiger partial charge < -0.3 is 14.8 Å². The predicted molar refractivity (Wildman–Crippen MR) is 113 cm³/mol. The molecule has 1 fully saturated rings. The van der Waals surface area contributed by atoms with Crippen LogP contribution in [0, 0.1) is 5.92 Å². The summed E-state index contributed by atoms with van der Waals surface area (Å²) in [6.45, 7) is 1.61. The van der Waals surface area contributed by atoms with Gasteiger partial charge in [0.15, 0.2) is 12.0 Å². The van der Waals surface area contributed by atoms with Crippen LogP contribution >= 0.6 is 0 Å². The Bertz CT molecular complexity index is 891. The minimum Gasteiger partial charge on any atom is -0.445 e. The summed E-state index contributed by atoms with van der Waals surface area (Å²) in [6, 6.07) is 18.2. The van der Waals surface area contributed by atoms with Crippen molar-refractivity contribution in [2.75, 3.05) is 6.54 Å². The number of nitrogens with one attached hydrogen (secondary N) is 1. The van der Waals surface area contributed by atoms with Gasteiger partial charge in [-0.2, -0.15) is 0 Å². The third-order valence-corrected chi connectivity index (χ3v) is 5.14. The zero-order valence-electron chi connectivity index (χ0n) is 17.4. The highest BCUT2D eigenvalue weighted by molar-refractivity contribution is 5.90. The Morgan fingerprint density at radius 3 is 2.26 bits per heavy atom. The summed E-state index contributed by atoms with van der Waals surface area (Å²) in [4.78, 5) is 36.9. The van der Waals surface area contributed by atoms with Gasteiger partial charge in [0.05, 0.1) is 12.0 Å². The van der Waals surface area contributed by atoms with Gasteiger partial charge in [-0.3, -0.25) is 15.4 Å². The Morgan fingerprint density at radius 1 is 1.06 bits per heavy atom. The monoisotopic (exact) mass is 425 g/mol. The van der Waals surface area contributed by atoms with Crippen LogP contribution in [0.3, 0.4) is 0 Å². The molecule has 1 aliphatic heterocycles. The van der Waals surface area contributed by atoms with Gasteiger partial charge in [-0.15, -0.1) is 0 Å². The van der Waals surface area contributed by atoms with Crippen molar-refractivity contribution >= 4 is 17.8 Å². The lowest BCUT2D eigenvalue weighted by atomic mass is 9.87. The molecule has 8 nitrogen and oxygen atoms in total. The van der Waals surface area contributed by atoms with Crippen molar-refractivity contribution in [1.29, 1.82) is 0 Å². The molecule has 3 atom stereocenters. The number of ketones is 1. The summed E-state index contributed by atoms with van der Waals surface area (Å²) in [6.07, 6.45) is -0.528. The average Bonchev–Trinajstić information content (AvgIpc) is 2.78. The number of hydrogen-bond donors (Lipinski definition) is 2. The molecular weight excluding hydrogens is 398 g/mol. The van der Waals surface area contributed by atoms with Crippen molar-refractivity contribution in [3.8, 4) is 0 Å². The lowest BCUT2D eigenvalue weighted by Gasteiger charge is -2.43. The second-order valence-electron chi connectivity index (χ2n) is 7.49. The van der Waals surface area contributed by atoms with Crippen LogP contribution in [0.1, 0.15) is 24.5 Å². The van der Waals surface area contributed by atoms with Crippen LogP contribution in [0.15, 0.2) is 60.7 Å². The molecule has 0 saturated carbocycles. The van der Waals surface area contributed by atoms with Crippen LogP contribution < -0.4 is 11.2 Å². The lowest BCUT2D eigenvalue weighted by molar-refractivity contribution is -0.190. The molecule has 3 N–H and O–H groups in total. The standard InChI is InChI=1S/C23H27N3O5/c1-16(27)31-22-19(14-26(22)24)21(28)20(13-12-17-8-4-2-5-9-17)25-23(29)30-15-18-10-6-3-7-11-18/h2-11,19-20,22H,12-15,24H2,1H3,(H,25,29)/t19-,20+,22+/m1/s1. The van der Waals surface area contributed by atoms with Crippen molar-refractivity contribution in [1.82, 2.24) is 10.3 Å². The number of esters is 1. The SMILES string of the molecule is CC(=O)O[C@H]1[C@@H](C(=O)[C@H](CCc2ccccc2)NC(=O)OCc2ccccc2)CN1N. The third kappa shape index (κ3) is 6.37. The van der Waals surface area contributed by atoms with E-state index >= 15 is 0 Å². The zero-order chi connectivity index (χ0) is 22.2. The topological polar surface area (TPSA) is 111 Å². The molecule has 2 aromatic rings. The number of hydrazine groups is 1. The molecule has 0 radical (unpaired) electrons. The molecular formula is C23H27N3O5. The van der Waals surface area contributed by atoms with E-state index < -0.39 is 30.3 Å². The maximum absolute atomic E-state index is 13.2. The summed E-state index contributed by atoms with van der Waals surface area (Å²) in [5, 5.41) is 3.98. The van der Waals surface area contributed by atoms with E-state index in [4.69, 9.17) is 15.3 Å². The molecule has 0 aliphatic carbocycles. The first-order valence-corrected chi connectivity index (χ1v) is 10.2. The fourth-order valence-electron chi connectivity index (χ4n) is 3.47. The highest BCUT2D eigenvalue weighted by atomic mass is 16.6. The smallest absolute Gasteiger partial charge is 0.408 e. The molecule has 8 heteroatoms. The predicted octanol–water partition coefficient (Wildman–Crippen LogP) is 2.18. The number of amides is 1. The van der Waals surface area contributed by atoms with Crippen LogP contribution in [0.5, 0.6) is 0 Å². The van der Waals surface area contributed by atoms with E-state index in [0.29, 0.717) is 12.8 Å². The number of carbonyl (C=O) groups excluding carboxylic acids is 3. The first-order chi connectivity index (χ1) is 14.9. The molecule has 0 aromatic heterocycles. The molecule has 0 unspecified atom stereocenters. The van der Waals surface area contributed by atoms with Crippen molar-refractivity contribution in [2.24, 2.45) is 11.8 Å². The minimum absolute atomic E-state index is 0.0996. The van der Waals surface area contributed by atoms with E-state index in [2.05, 4.69) is 5.32 Å². The normalized spacial score (nSPS) is 19.0. The fraction of sp³-hybridized carbons (Fsp3) is 0.348. The van der Waals surface area contributed by atoms with Gasteiger partial charge in [-0.05, 0) is 24.0 Å². The van der Waals surface area contributed by atoms with Crippen molar-refractivity contribution < 1.29 is 23.9 Å². The lowest BCUT2D eigenvalue weighted by Crippen LogP contribution is -2.66. The molecule has 1 aliphatic rings. The number of Topliss-reactive ketones (excluding diaryl/α,β-unsaturated/α-hetero) is 1. The van der Waals surface area contributed by atoms with Crippen molar-refractivity contribution in [3.05, 3.63) is 71.8 Å². The molecule has 1 amide bonds. The summed E-state index contributed by atoms with van der Waals surface area (Å²) < 4.78 is 10.4. The number of aryl methyl sites for hydroxylation is 1. The van der Waals surface area contributed by atoms with Crippen molar-refractivity contribution in [2.45, 2.75) is 38.6 Å². The highest BCUT2D eigenvalue weighted by Crippen LogP contribution is 2.26. The van der Waals surface area contributed by atoms with Gasteiger partial charge in [0.1, 0.15) is 6.61 Å². The zero-order valence-corrected chi connectivity index (χ0v) is 17.4. The van der Waals surface area contributed by atoms with Crippen LogP contribution in [0.25, 0.3) is 0 Å². The fourth-order valence-corrected chi connectivity index (χ4v) is 3.47. The molecule has 0 spiro atoms. The summed E-state index contributed by atoms with van der Waals surface area (Å²) in [7, 11) is 0. The van der Waals surface area contributed by atoms with Gasteiger partial charge in [0, 0.05) is 13.5 Å². The Kier molecular flexibility index (Phi) is 7.75. The Balaban J connectivity index is 1.64. The van der Waals surface area contributed by atoms with Crippen LogP contribution in [-0.4, -0.2) is 41.7 Å². The largest absolute Gasteiger partial charge is 0.445 e. The number of carbonyl (C=O) groups is 3. The maximum atomic E-state index is 13.2. The van der Waals surface area contributed by atoms with Crippen molar-refractivity contribution in [3.63, 3.8) is 0 Å². The van der Waals surface area contributed by atoms with Gasteiger partial charge in [-0.25, -0.2) is 9.80 Å². The molecule has 164 valence electrons. The molecule has 2 aromatic carbocycles. The average molecular weight is 425 g/mol. The van der Waals surface area contributed by atoms with Crippen LogP contribution in [0.2, 0.25) is 0 Å². The van der Waals surface area contributed by atoms with Gasteiger partial charge in [-0.1, -0.05) is 60.7 Å². The molecule has 3 rings (SSSR count). The van der Waals surface area contributed by atoms with Gasteiger partial charge >= 0.3 is 12.1 Å². The maximum Gasteiger partial charge on any atom is 0.408 e. The Labute approximate surface area is 181 Å². The van der Waals surface area contributed by atoms with Gasteiger partial charge in [0.2, 0.25) is 0 Å². The summed E-state index contributed by atoms with van der Waals surface area (Å²) >= 11 is 0. The first-order valence-electron chi connectivity index (χ1n) is 10.2. The number of ether oxygens (including phenoxy) is 2. The number of nitrogens with two attached hydrogens (primary N) is 1. The summed E-state index contributed by atoms with van der Waals surface area (Å²) in [5.74, 6) is 4.41. The van der Waals surface area contributed by atoms with E-state index in [-0.39, 0.29) is 18.9 Å². The van der Waals surface area contributed by atoms with Crippen LogP contribution in [0.4, 0.5) is 4.79 Å². The van der Waals surface area contributed by atoms with E-state index in [1.54, 1.807) is 0 Å². The number of rotatable bonds is 9. The second-order valence-corrected chi connectivity index (χ2v) is 7.49. The number of alkyl carbamates (subject to hydrolysis) is 1. The molecule has 1 heterocycles. The minimum atomic E-state index is -0.827. The molecule has 31 heavy (non-hydrogen) atoms. The first kappa shape index (κ1) is 22.5. The third-order valence-electron chi connectivity index (χ3n) is 5.14.